The maximum Gasteiger partial charge on any atom is 0.151 e. The van der Waals surface area contributed by atoms with Gasteiger partial charge in [0.1, 0.15) is 0 Å². The minimum absolute atomic E-state index is 0.751. The third-order valence-electron chi connectivity index (χ3n) is 2.99. The number of pyridine rings is 1. The molecule has 82 valence electrons. The SMILES string of the molecule is Cc1cnc(N2CCC[C@@H](C)C2)c(N)c1. The molecule has 3 heteroatoms. The van der Waals surface area contributed by atoms with Gasteiger partial charge in [0.15, 0.2) is 5.82 Å². The summed E-state index contributed by atoms with van der Waals surface area (Å²) in [6.07, 6.45) is 4.46. The fourth-order valence-electron chi connectivity index (χ4n) is 2.23. The molecule has 0 spiro atoms. The van der Waals surface area contributed by atoms with Gasteiger partial charge in [-0.25, -0.2) is 4.98 Å². The molecule has 1 aliphatic rings. The lowest BCUT2D eigenvalue weighted by atomic mass is 10.0. The van der Waals surface area contributed by atoms with E-state index in [1.165, 1.54) is 12.8 Å². The van der Waals surface area contributed by atoms with Crippen molar-refractivity contribution in [3.63, 3.8) is 0 Å². The van der Waals surface area contributed by atoms with Crippen LogP contribution in [0.25, 0.3) is 0 Å². The summed E-state index contributed by atoms with van der Waals surface area (Å²) in [6.45, 7) is 6.48. The summed E-state index contributed by atoms with van der Waals surface area (Å²) < 4.78 is 0. The molecule has 15 heavy (non-hydrogen) atoms. The first-order chi connectivity index (χ1) is 7.16. The van der Waals surface area contributed by atoms with Crippen LogP contribution in [0.15, 0.2) is 12.3 Å². The molecule has 0 saturated carbocycles. The molecule has 1 aromatic rings. The zero-order chi connectivity index (χ0) is 10.8. The van der Waals surface area contributed by atoms with Gasteiger partial charge in [-0.2, -0.15) is 0 Å². The minimum atomic E-state index is 0.751. The van der Waals surface area contributed by atoms with Crippen molar-refractivity contribution in [2.24, 2.45) is 5.92 Å². The summed E-state index contributed by atoms with van der Waals surface area (Å²) in [6, 6.07) is 2.00. The molecule has 0 aliphatic carbocycles. The lowest BCUT2D eigenvalue weighted by Gasteiger charge is -2.32. The van der Waals surface area contributed by atoms with Crippen LogP contribution in [0.4, 0.5) is 11.5 Å². The lowest BCUT2D eigenvalue weighted by molar-refractivity contribution is 0.445. The molecular formula is C12H19N3. The highest BCUT2D eigenvalue weighted by molar-refractivity contribution is 5.63. The summed E-state index contributed by atoms with van der Waals surface area (Å²) >= 11 is 0. The lowest BCUT2D eigenvalue weighted by Crippen LogP contribution is -2.35. The second kappa shape index (κ2) is 4.09. The van der Waals surface area contributed by atoms with Crippen LogP contribution >= 0.6 is 0 Å². The molecule has 1 aliphatic heterocycles. The van der Waals surface area contributed by atoms with E-state index in [0.717, 1.165) is 36.1 Å². The Morgan fingerprint density at radius 1 is 1.53 bits per heavy atom. The molecule has 1 fully saturated rings. The van der Waals surface area contributed by atoms with Crippen molar-refractivity contribution in [3.8, 4) is 0 Å². The molecule has 0 bridgehead atoms. The molecule has 2 heterocycles. The van der Waals surface area contributed by atoms with E-state index in [2.05, 4.69) is 16.8 Å². The first kappa shape index (κ1) is 10.3. The van der Waals surface area contributed by atoms with Gasteiger partial charge in [0.25, 0.3) is 0 Å². The van der Waals surface area contributed by atoms with Gasteiger partial charge < -0.3 is 10.6 Å². The predicted octanol–water partition coefficient (Wildman–Crippen LogP) is 2.21. The summed E-state index contributed by atoms with van der Waals surface area (Å²) in [7, 11) is 0. The van der Waals surface area contributed by atoms with Crippen LogP contribution in [0.2, 0.25) is 0 Å². The average molecular weight is 205 g/mol. The van der Waals surface area contributed by atoms with E-state index in [9.17, 15) is 0 Å². The molecule has 1 saturated heterocycles. The number of anilines is 2. The van der Waals surface area contributed by atoms with Gasteiger partial charge in [-0.3, -0.25) is 0 Å². The second-order valence-corrected chi connectivity index (χ2v) is 4.62. The normalized spacial score (nSPS) is 21.7. The van der Waals surface area contributed by atoms with Crippen LogP contribution in [0.1, 0.15) is 25.3 Å². The van der Waals surface area contributed by atoms with Crippen molar-refractivity contribution in [1.29, 1.82) is 0 Å². The van der Waals surface area contributed by atoms with Gasteiger partial charge in [-0.15, -0.1) is 0 Å². The maximum absolute atomic E-state index is 5.99. The molecule has 3 nitrogen and oxygen atoms in total. The van der Waals surface area contributed by atoms with E-state index in [4.69, 9.17) is 5.73 Å². The number of aryl methyl sites for hydroxylation is 1. The first-order valence-corrected chi connectivity index (χ1v) is 5.64. The number of nitrogens with zero attached hydrogens (tertiary/aromatic N) is 2. The Labute approximate surface area is 91.3 Å². The number of nitrogens with two attached hydrogens (primary N) is 1. The number of nitrogen functional groups attached to an aromatic ring is 1. The molecule has 0 aromatic carbocycles. The third-order valence-corrected chi connectivity index (χ3v) is 2.99. The number of aromatic nitrogens is 1. The Hall–Kier alpha value is -1.25. The van der Waals surface area contributed by atoms with Crippen molar-refractivity contribution in [3.05, 3.63) is 17.8 Å². The maximum atomic E-state index is 5.99. The van der Waals surface area contributed by atoms with Crippen molar-refractivity contribution in [1.82, 2.24) is 4.98 Å². The quantitative estimate of drug-likeness (QED) is 0.764. The van der Waals surface area contributed by atoms with Gasteiger partial charge in [-0.1, -0.05) is 6.92 Å². The Morgan fingerprint density at radius 2 is 2.33 bits per heavy atom. The molecule has 2 N–H and O–H groups in total. The van der Waals surface area contributed by atoms with E-state index in [-0.39, 0.29) is 0 Å². The monoisotopic (exact) mass is 205 g/mol. The van der Waals surface area contributed by atoms with Gasteiger partial charge >= 0.3 is 0 Å². The van der Waals surface area contributed by atoms with Gasteiger partial charge in [0.05, 0.1) is 5.69 Å². The summed E-state index contributed by atoms with van der Waals surface area (Å²) in [5, 5.41) is 0. The van der Waals surface area contributed by atoms with Crippen molar-refractivity contribution >= 4 is 11.5 Å². The minimum Gasteiger partial charge on any atom is -0.396 e. The van der Waals surface area contributed by atoms with Crippen LogP contribution in [-0.4, -0.2) is 18.1 Å². The smallest absolute Gasteiger partial charge is 0.151 e. The highest BCUT2D eigenvalue weighted by Crippen LogP contribution is 2.26. The first-order valence-electron chi connectivity index (χ1n) is 5.64. The van der Waals surface area contributed by atoms with E-state index in [0.29, 0.717) is 0 Å². The standard InChI is InChI=1S/C12H19N3/c1-9-4-3-5-15(8-9)12-11(13)6-10(2)7-14-12/h6-7,9H,3-5,8,13H2,1-2H3/t9-/m1/s1. The number of piperidine rings is 1. The molecule has 0 unspecified atom stereocenters. The Morgan fingerprint density at radius 3 is 3.00 bits per heavy atom. The summed E-state index contributed by atoms with van der Waals surface area (Å²) in [4.78, 5) is 6.75. The summed E-state index contributed by atoms with van der Waals surface area (Å²) in [5.74, 6) is 1.72. The van der Waals surface area contributed by atoms with Crippen LogP contribution in [-0.2, 0) is 0 Å². The average Bonchev–Trinajstić information content (AvgIpc) is 2.17. The van der Waals surface area contributed by atoms with E-state index >= 15 is 0 Å². The fraction of sp³-hybridized carbons (Fsp3) is 0.583. The molecular weight excluding hydrogens is 186 g/mol. The van der Waals surface area contributed by atoms with Gasteiger partial charge in [0.2, 0.25) is 0 Å². The Bertz CT molecular complexity index is 349. The van der Waals surface area contributed by atoms with Crippen molar-refractivity contribution in [2.75, 3.05) is 23.7 Å². The van der Waals surface area contributed by atoms with Crippen LogP contribution < -0.4 is 10.6 Å². The van der Waals surface area contributed by atoms with E-state index < -0.39 is 0 Å². The molecule has 2 rings (SSSR count). The topological polar surface area (TPSA) is 42.2 Å². The molecule has 1 atom stereocenters. The van der Waals surface area contributed by atoms with Crippen LogP contribution in [0, 0.1) is 12.8 Å². The van der Waals surface area contributed by atoms with Crippen molar-refractivity contribution in [2.45, 2.75) is 26.7 Å². The van der Waals surface area contributed by atoms with E-state index in [1.54, 1.807) is 0 Å². The van der Waals surface area contributed by atoms with Gasteiger partial charge in [-0.05, 0) is 37.3 Å². The van der Waals surface area contributed by atoms with Crippen LogP contribution in [0.5, 0.6) is 0 Å². The number of hydrogen-bond donors (Lipinski definition) is 1. The van der Waals surface area contributed by atoms with E-state index in [1.807, 2.05) is 19.2 Å². The molecule has 0 amide bonds. The highest BCUT2D eigenvalue weighted by atomic mass is 15.2. The Kier molecular flexibility index (Phi) is 2.80. The summed E-state index contributed by atoms with van der Waals surface area (Å²) in [5.41, 5.74) is 7.93. The molecule has 1 aromatic heterocycles. The largest absolute Gasteiger partial charge is 0.396 e. The third kappa shape index (κ3) is 2.22. The predicted molar refractivity (Wildman–Crippen MR) is 64.0 cm³/mol. The van der Waals surface area contributed by atoms with Gasteiger partial charge in [0, 0.05) is 19.3 Å². The number of hydrogen-bond acceptors (Lipinski definition) is 3. The molecule has 0 radical (unpaired) electrons. The van der Waals surface area contributed by atoms with Crippen LogP contribution in [0.3, 0.4) is 0 Å². The highest BCUT2D eigenvalue weighted by Gasteiger charge is 2.18. The second-order valence-electron chi connectivity index (χ2n) is 4.62. The zero-order valence-corrected chi connectivity index (χ0v) is 9.53. The van der Waals surface area contributed by atoms with Crippen molar-refractivity contribution < 1.29 is 0 Å². The number of rotatable bonds is 1. The zero-order valence-electron chi connectivity index (χ0n) is 9.53. The Balaban J connectivity index is 2.21. The fourth-order valence-corrected chi connectivity index (χ4v) is 2.23.